The molecule has 140 valence electrons. The average Bonchev–Trinajstić information content (AvgIpc) is 3.10. The highest BCUT2D eigenvalue weighted by Gasteiger charge is 2.40. The number of rotatable bonds is 5. The van der Waals surface area contributed by atoms with Crippen LogP contribution in [0.15, 0.2) is 60.8 Å². The number of hydrogen-bond acceptors (Lipinski definition) is 3. The summed E-state index contributed by atoms with van der Waals surface area (Å²) in [6.07, 6.45) is -3.40. The Kier molecular flexibility index (Phi) is 5.16. The van der Waals surface area contributed by atoms with E-state index in [0.29, 0.717) is 6.42 Å². The smallest absolute Gasteiger partial charge is 0.434 e. The lowest BCUT2D eigenvalue weighted by Crippen LogP contribution is -2.28. The molecular weight excluding hydrogens is 359 g/mol. The Hall–Kier alpha value is -3.29. The minimum atomic E-state index is -4.74. The predicted octanol–water partition coefficient (Wildman–Crippen LogP) is 3.57. The number of phenols is 1. The van der Waals surface area contributed by atoms with Crippen molar-refractivity contribution >= 4 is 5.91 Å². The van der Waals surface area contributed by atoms with E-state index in [4.69, 9.17) is 0 Å². The van der Waals surface area contributed by atoms with Crippen molar-refractivity contribution < 1.29 is 23.1 Å². The zero-order valence-corrected chi connectivity index (χ0v) is 14.1. The summed E-state index contributed by atoms with van der Waals surface area (Å²) in [7, 11) is 0. The van der Waals surface area contributed by atoms with Gasteiger partial charge in [-0.2, -0.15) is 18.3 Å². The standard InChI is InChI=1S/C19H16F3N3O2/c20-19(21,22)17-16(12-24-25(17)14-4-2-1-3-5-14)18(27)23-11-10-13-6-8-15(26)9-7-13/h1-9,12,26H,10-11H2,(H,23,27). The third-order valence-corrected chi connectivity index (χ3v) is 3.92. The molecule has 5 nitrogen and oxygen atoms in total. The molecule has 0 aliphatic heterocycles. The maximum Gasteiger partial charge on any atom is 0.434 e. The van der Waals surface area contributed by atoms with Gasteiger partial charge in [-0.25, -0.2) is 4.68 Å². The van der Waals surface area contributed by atoms with Gasteiger partial charge in [0.2, 0.25) is 0 Å². The van der Waals surface area contributed by atoms with Gasteiger partial charge in [0.25, 0.3) is 5.91 Å². The van der Waals surface area contributed by atoms with E-state index in [-0.39, 0.29) is 18.0 Å². The van der Waals surface area contributed by atoms with Crippen LogP contribution < -0.4 is 5.32 Å². The van der Waals surface area contributed by atoms with E-state index < -0.39 is 23.3 Å². The van der Waals surface area contributed by atoms with Gasteiger partial charge >= 0.3 is 6.18 Å². The monoisotopic (exact) mass is 375 g/mol. The maximum absolute atomic E-state index is 13.5. The molecule has 3 rings (SSSR count). The molecule has 2 N–H and O–H groups in total. The van der Waals surface area contributed by atoms with Gasteiger partial charge in [0, 0.05) is 6.54 Å². The van der Waals surface area contributed by atoms with Crippen molar-refractivity contribution in [3.05, 3.63) is 77.6 Å². The molecule has 1 aromatic heterocycles. The van der Waals surface area contributed by atoms with Crippen LogP contribution in [-0.2, 0) is 12.6 Å². The molecule has 1 heterocycles. The average molecular weight is 375 g/mol. The lowest BCUT2D eigenvalue weighted by Gasteiger charge is -2.13. The highest BCUT2D eigenvalue weighted by molar-refractivity contribution is 5.95. The molecule has 0 spiro atoms. The molecule has 0 saturated heterocycles. The second-order valence-electron chi connectivity index (χ2n) is 5.82. The summed E-state index contributed by atoms with van der Waals surface area (Å²) in [5.74, 6) is -0.728. The minimum Gasteiger partial charge on any atom is -0.508 e. The van der Waals surface area contributed by atoms with E-state index in [1.54, 1.807) is 30.3 Å². The topological polar surface area (TPSA) is 67.2 Å². The van der Waals surface area contributed by atoms with E-state index in [9.17, 15) is 23.1 Å². The number of carbonyl (C=O) groups excluding carboxylic acids is 1. The fourth-order valence-electron chi connectivity index (χ4n) is 2.63. The normalized spacial score (nSPS) is 11.4. The van der Waals surface area contributed by atoms with Crippen molar-refractivity contribution in [2.75, 3.05) is 6.54 Å². The van der Waals surface area contributed by atoms with Gasteiger partial charge in [0.1, 0.15) is 5.75 Å². The minimum absolute atomic E-state index is 0.117. The quantitative estimate of drug-likeness (QED) is 0.717. The fourth-order valence-corrected chi connectivity index (χ4v) is 2.63. The third kappa shape index (κ3) is 4.28. The van der Waals surface area contributed by atoms with Crippen LogP contribution in [0, 0.1) is 0 Å². The van der Waals surface area contributed by atoms with Gasteiger partial charge < -0.3 is 10.4 Å². The first-order valence-corrected chi connectivity index (χ1v) is 8.13. The molecule has 0 aliphatic rings. The van der Waals surface area contributed by atoms with Gasteiger partial charge in [-0.15, -0.1) is 0 Å². The second kappa shape index (κ2) is 7.53. The molecule has 0 atom stereocenters. The van der Waals surface area contributed by atoms with Gasteiger partial charge in [-0.05, 0) is 36.2 Å². The van der Waals surface area contributed by atoms with Crippen molar-refractivity contribution in [2.45, 2.75) is 12.6 Å². The van der Waals surface area contributed by atoms with Crippen molar-refractivity contribution in [1.29, 1.82) is 0 Å². The zero-order chi connectivity index (χ0) is 19.4. The lowest BCUT2D eigenvalue weighted by molar-refractivity contribution is -0.143. The first kappa shape index (κ1) is 18.5. The number of hydrogen-bond donors (Lipinski definition) is 2. The first-order chi connectivity index (χ1) is 12.9. The van der Waals surface area contributed by atoms with E-state index in [1.807, 2.05) is 0 Å². The molecule has 2 aromatic carbocycles. The molecule has 3 aromatic rings. The summed E-state index contributed by atoms with van der Waals surface area (Å²) >= 11 is 0. The molecule has 1 amide bonds. The maximum atomic E-state index is 13.5. The number of nitrogens with zero attached hydrogens (tertiary/aromatic N) is 2. The van der Waals surface area contributed by atoms with Gasteiger partial charge in [-0.1, -0.05) is 30.3 Å². The molecule has 8 heteroatoms. The summed E-state index contributed by atoms with van der Waals surface area (Å²) in [5.41, 5.74) is -0.593. The summed E-state index contributed by atoms with van der Waals surface area (Å²) in [6.45, 7) is 0.150. The van der Waals surface area contributed by atoms with Crippen LogP contribution in [0.1, 0.15) is 21.6 Å². The molecule has 27 heavy (non-hydrogen) atoms. The highest BCUT2D eigenvalue weighted by Crippen LogP contribution is 2.33. The Morgan fingerprint density at radius 3 is 2.37 bits per heavy atom. The number of aromatic nitrogens is 2. The lowest BCUT2D eigenvalue weighted by atomic mass is 10.1. The SMILES string of the molecule is O=C(NCCc1ccc(O)cc1)c1cnn(-c2ccccc2)c1C(F)(F)F. The number of alkyl halides is 3. The molecule has 0 unspecified atom stereocenters. The van der Waals surface area contributed by atoms with E-state index in [1.165, 1.54) is 24.3 Å². The number of halogens is 3. The Balaban J connectivity index is 1.78. The Bertz CT molecular complexity index is 920. The number of aromatic hydroxyl groups is 1. The van der Waals surface area contributed by atoms with Crippen molar-refractivity contribution in [1.82, 2.24) is 15.1 Å². The van der Waals surface area contributed by atoms with E-state index in [2.05, 4.69) is 10.4 Å². The predicted molar refractivity (Wildman–Crippen MR) is 92.7 cm³/mol. The second-order valence-corrected chi connectivity index (χ2v) is 5.82. The Morgan fingerprint density at radius 2 is 1.74 bits per heavy atom. The van der Waals surface area contributed by atoms with Crippen molar-refractivity contribution in [3.63, 3.8) is 0 Å². The van der Waals surface area contributed by atoms with Gasteiger partial charge in [-0.3, -0.25) is 4.79 Å². The van der Waals surface area contributed by atoms with Crippen LogP contribution >= 0.6 is 0 Å². The number of para-hydroxylation sites is 1. The fraction of sp³-hybridized carbons (Fsp3) is 0.158. The molecule has 0 saturated carbocycles. The Labute approximate surface area is 153 Å². The number of amides is 1. The molecule has 0 aliphatic carbocycles. The number of benzene rings is 2. The summed E-state index contributed by atoms with van der Waals surface area (Å²) in [5, 5.41) is 15.5. The van der Waals surface area contributed by atoms with Crippen LogP contribution in [0.4, 0.5) is 13.2 Å². The van der Waals surface area contributed by atoms with Gasteiger partial charge in [0.05, 0.1) is 17.4 Å². The van der Waals surface area contributed by atoms with E-state index in [0.717, 1.165) is 16.4 Å². The summed E-state index contributed by atoms with van der Waals surface area (Å²) < 4.78 is 41.4. The van der Waals surface area contributed by atoms with Crippen LogP contribution in [-0.4, -0.2) is 27.3 Å². The highest BCUT2D eigenvalue weighted by atomic mass is 19.4. The molecule has 0 fully saturated rings. The van der Waals surface area contributed by atoms with Crippen LogP contribution in [0.5, 0.6) is 5.75 Å². The molecular formula is C19H16F3N3O2. The Morgan fingerprint density at radius 1 is 1.07 bits per heavy atom. The number of nitrogens with one attached hydrogen (secondary N) is 1. The van der Waals surface area contributed by atoms with Crippen LogP contribution in [0.25, 0.3) is 5.69 Å². The third-order valence-electron chi connectivity index (χ3n) is 3.92. The summed E-state index contributed by atoms with van der Waals surface area (Å²) in [6, 6.07) is 14.2. The van der Waals surface area contributed by atoms with Crippen molar-refractivity contribution in [2.24, 2.45) is 0 Å². The molecule has 0 bridgehead atoms. The van der Waals surface area contributed by atoms with Crippen LogP contribution in [0.3, 0.4) is 0 Å². The van der Waals surface area contributed by atoms with Gasteiger partial charge in [0.15, 0.2) is 5.69 Å². The summed E-state index contributed by atoms with van der Waals surface area (Å²) in [4.78, 5) is 12.3. The first-order valence-electron chi connectivity index (χ1n) is 8.13. The van der Waals surface area contributed by atoms with Crippen LogP contribution in [0.2, 0.25) is 0 Å². The molecule has 0 radical (unpaired) electrons. The number of carbonyl (C=O) groups is 1. The largest absolute Gasteiger partial charge is 0.508 e. The zero-order valence-electron chi connectivity index (χ0n) is 14.1. The number of phenolic OH excluding ortho intramolecular Hbond substituents is 1. The van der Waals surface area contributed by atoms with E-state index >= 15 is 0 Å². The van der Waals surface area contributed by atoms with Crippen molar-refractivity contribution in [3.8, 4) is 11.4 Å².